The molecular formula is C21H24BrNO4S. The quantitative estimate of drug-likeness (QED) is 0.237. The lowest BCUT2D eigenvalue weighted by molar-refractivity contribution is -0.134. The van der Waals surface area contributed by atoms with Crippen molar-refractivity contribution in [1.29, 1.82) is 0 Å². The molecule has 28 heavy (non-hydrogen) atoms. The molecule has 1 saturated carbocycles. The van der Waals surface area contributed by atoms with Gasteiger partial charge in [0.25, 0.3) is 11.1 Å². The van der Waals surface area contributed by atoms with Gasteiger partial charge in [0.05, 0.1) is 9.38 Å². The number of hydrogen-bond donors (Lipinski definition) is 1. The van der Waals surface area contributed by atoms with Gasteiger partial charge in [-0.3, -0.25) is 19.7 Å². The molecule has 1 saturated heterocycles. The molecule has 0 radical (unpaired) electrons. The molecule has 0 spiro atoms. The van der Waals surface area contributed by atoms with Gasteiger partial charge in [-0.2, -0.15) is 0 Å². The van der Waals surface area contributed by atoms with Crippen molar-refractivity contribution in [2.45, 2.75) is 57.8 Å². The van der Waals surface area contributed by atoms with Crippen molar-refractivity contribution < 1.29 is 19.1 Å². The fourth-order valence-corrected chi connectivity index (χ4v) is 4.77. The summed E-state index contributed by atoms with van der Waals surface area (Å²) in [6, 6.07) is 5.20. The number of halogens is 1. The highest BCUT2D eigenvalue weighted by atomic mass is 79.9. The lowest BCUT2D eigenvalue weighted by Gasteiger charge is -2.21. The molecule has 1 aromatic rings. The predicted molar refractivity (Wildman–Crippen MR) is 114 cm³/mol. The van der Waals surface area contributed by atoms with Gasteiger partial charge >= 0.3 is 5.97 Å². The number of unbranched alkanes of at least 4 members (excludes halogenated alkanes) is 1. The van der Waals surface area contributed by atoms with Crippen molar-refractivity contribution in [2.24, 2.45) is 5.92 Å². The smallest absolute Gasteiger partial charge is 0.311 e. The number of rotatable bonds is 7. The third kappa shape index (κ3) is 6.21. The van der Waals surface area contributed by atoms with E-state index in [2.05, 4.69) is 21.2 Å². The molecular weight excluding hydrogens is 442 g/mol. The van der Waals surface area contributed by atoms with Crippen molar-refractivity contribution in [1.82, 2.24) is 5.32 Å². The zero-order valence-electron chi connectivity index (χ0n) is 15.7. The van der Waals surface area contributed by atoms with Crippen LogP contribution in [-0.4, -0.2) is 17.1 Å². The monoisotopic (exact) mass is 465 g/mol. The van der Waals surface area contributed by atoms with Crippen molar-refractivity contribution in [3.63, 3.8) is 0 Å². The molecule has 7 heteroatoms. The summed E-state index contributed by atoms with van der Waals surface area (Å²) in [5, 5.41) is 1.85. The molecule has 1 heterocycles. The Morgan fingerprint density at radius 3 is 2.68 bits per heavy atom. The lowest BCUT2D eigenvalue weighted by Crippen LogP contribution is -2.17. The Morgan fingerprint density at radius 1 is 1.21 bits per heavy atom. The number of benzene rings is 1. The van der Waals surface area contributed by atoms with Crippen molar-refractivity contribution in [3.05, 3.63) is 33.1 Å². The van der Waals surface area contributed by atoms with Crippen LogP contribution in [0.4, 0.5) is 4.79 Å². The fourth-order valence-electron chi connectivity index (χ4n) is 3.61. The van der Waals surface area contributed by atoms with E-state index >= 15 is 0 Å². The largest absolute Gasteiger partial charge is 0.425 e. The zero-order valence-corrected chi connectivity index (χ0v) is 18.1. The maximum Gasteiger partial charge on any atom is 0.311 e. The minimum atomic E-state index is -0.394. The van der Waals surface area contributed by atoms with Crippen LogP contribution in [0.3, 0.4) is 0 Å². The molecule has 3 rings (SSSR count). The summed E-state index contributed by atoms with van der Waals surface area (Å²) >= 11 is 4.28. The second kappa shape index (κ2) is 10.3. The van der Waals surface area contributed by atoms with Crippen LogP contribution >= 0.6 is 27.7 Å². The summed E-state index contributed by atoms with van der Waals surface area (Å²) in [4.78, 5) is 35.3. The summed E-state index contributed by atoms with van der Waals surface area (Å²) in [6.07, 6.45) is 12.0. The van der Waals surface area contributed by atoms with Gasteiger partial charge in [0.1, 0.15) is 5.75 Å². The maximum atomic E-state index is 12.1. The van der Waals surface area contributed by atoms with Crippen LogP contribution < -0.4 is 10.1 Å². The Morgan fingerprint density at radius 2 is 2.00 bits per heavy atom. The van der Waals surface area contributed by atoms with Gasteiger partial charge in [-0.25, -0.2) is 0 Å². The molecule has 5 nitrogen and oxygen atoms in total. The second-order valence-corrected chi connectivity index (χ2v) is 9.14. The predicted octanol–water partition coefficient (Wildman–Crippen LogP) is 5.82. The summed E-state index contributed by atoms with van der Waals surface area (Å²) in [6.45, 7) is 0. The molecule has 2 aliphatic rings. The van der Waals surface area contributed by atoms with Crippen molar-refractivity contribution >= 4 is 50.9 Å². The number of imide groups is 1. The molecule has 0 aromatic heterocycles. The maximum absolute atomic E-state index is 12.1. The topological polar surface area (TPSA) is 72.5 Å². The number of thioether (sulfide) groups is 1. The van der Waals surface area contributed by atoms with Crippen LogP contribution in [0, 0.1) is 5.92 Å². The Balaban J connectivity index is 1.46. The summed E-state index contributed by atoms with van der Waals surface area (Å²) in [5.41, 5.74) is 0.742. The Labute approximate surface area is 177 Å². The molecule has 1 N–H and O–H groups in total. The number of amides is 2. The Kier molecular flexibility index (Phi) is 7.73. The molecule has 2 fully saturated rings. The zero-order chi connectivity index (χ0) is 19.9. The molecule has 0 bridgehead atoms. The third-order valence-corrected chi connectivity index (χ3v) is 6.52. The Bertz CT molecular complexity index is 787. The highest BCUT2D eigenvalue weighted by molar-refractivity contribution is 9.10. The molecule has 1 aliphatic heterocycles. The highest BCUT2D eigenvalue weighted by Crippen LogP contribution is 2.31. The molecule has 2 amide bonds. The standard InChI is InChI=1S/C21H24BrNO4S/c22-16-12-15(13-18-20(25)23-21(26)28-18)10-11-17(16)27-19(24)9-5-4-8-14-6-2-1-3-7-14/h10-14H,1-9H2,(H,23,25,26). The first-order valence-electron chi connectivity index (χ1n) is 9.76. The first-order chi connectivity index (χ1) is 13.5. The van der Waals surface area contributed by atoms with Gasteiger partial charge in [0, 0.05) is 6.42 Å². The van der Waals surface area contributed by atoms with Gasteiger partial charge in [-0.05, 0) is 63.8 Å². The number of ether oxygens (including phenoxy) is 1. The molecule has 0 atom stereocenters. The number of carbonyl (C=O) groups is 3. The molecule has 1 aliphatic carbocycles. The summed E-state index contributed by atoms with van der Waals surface area (Å²) in [7, 11) is 0. The first kappa shape index (κ1) is 21.1. The number of esters is 1. The van der Waals surface area contributed by atoms with E-state index in [1.54, 1.807) is 24.3 Å². The van der Waals surface area contributed by atoms with E-state index in [9.17, 15) is 14.4 Å². The van der Waals surface area contributed by atoms with Crippen LogP contribution in [0.1, 0.15) is 63.4 Å². The normalized spacial score (nSPS) is 19.1. The van der Waals surface area contributed by atoms with Crippen molar-refractivity contribution in [2.75, 3.05) is 0 Å². The molecule has 1 aromatic carbocycles. The van der Waals surface area contributed by atoms with Gasteiger partial charge in [-0.1, -0.05) is 51.0 Å². The van der Waals surface area contributed by atoms with Gasteiger partial charge in [0.15, 0.2) is 0 Å². The minimum absolute atomic E-state index is 0.230. The van der Waals surface area contributed by atoms with E-state index in [0.29, 0.717) is 21.5 Å². The van der Waals surface area contributed by atoms with Gasteiger partial charge < -0.3 is 4.74 Å². The first-order valence-corrected chi connectivity index (χ1v) is 11.4. The average Bonchev–Trinajstić information content (AvgIpc) is 2.99. The van der Waals surface area contributed by atoms with E-state index in [1.807, 2.05) is 0 Å². The van der Waals surface area contributed by atoms with E-state index < -0.39 is 5.91 Å². The minimum Gasteiger partial charge on any atom is -0.425 e. The van der Waals surface area contributed by atoms with Gasteiger partial charge in [-0.15, -0.1) is 0 Å². The van der Waals surface area contributed by atoms with Crippen LogP contribution in [-0.2, 0) is 9.59 Å². The lowest BCUT2D eigenvalue weighted by atomic mass is 9.86. The van der Waals surface area contributed by atoms with Crippen LogP contribution in [0.15, 0.2) is 27.6 Å². The number of carbonyl (C=O) groups excluding carboxylic acids is 3. The SMILES string of the molecule is O=C(CCCCC1CCCCC1)Oc1ccc(C=C2SC(=O)NC2=O)cc1Br. The Hall–Kier alpha value is -1.60. The van der Waals surface area contributed by atoms with E-state index in [-0.39, 0.29) is 11.2 Å². The second-order valence-electron chi connectivity index (χ2n) is 7.27. The number of nitrogens with one attached hydrogen (secondary N) is 1. The van der Waals surface area contributed by atoms with Crippen molar-refractivity contribution in [3.8, 4) is 5.75 Å². The van der Waals surface area contributed by atoms with E-state index in [1.165, 1.54) is 38.5 Å². The van der Waals surface area contributed by atoms with Crippen LogP contribution in [0.5, 0.6) is 5.75 Å². The summed E-state index contributed by atoms with van der Waals surface area (Å²) in [5.74, 6) is 0.677. The molecule has 0 unspecified atom stereocenters. The van der Waals surface area contributed by atoms with Crippen LogP contribution in [0.25, 0.3) is 6.08 Å². The summed E-state index contributed by atoms with van der Waals surface area (Å²) < 4.78 is 6.09. The van der Waals surface area contributed by atoms with E-state index in [0.717, 1.165) is 36.1 Å². The number of hydrogen-bond acceptors (Lipinski definition) is 5. The highest BCUT2D eigenvalue weighted by Gasteiger charge is 2.25. The third-order valence-electron chi connectivity index (χ3n) is 5.09. The fraction of sp³-hybridized carbons (Fsp3) is 0.476. The van der Waals surface area contributed by atoms with Gasteiger partial charge in [0.2, 0.25) is 0 Å². The van der Waals surface area contributed by atoms with E-state index in [4.69, 9.17) is 4.74 Å². The molecule has 150 valence electrons. The van der Waals surface area contributed by atoms with Crippen LogP contribution in [0.2, 0.25) is 0 Å². The average molecular weight is 466 g/mol.